The highest BCUT2D eigenvalue weighted by molar-refractivity contribution is 5.74. The smallest absolute Gasteiger partial charge is 0.332 e. The molecule has 0 amide bonds. The van der Waals surface area contributed by atoms with E-state index in [9.17, 15) is 9.59 Å². The molecule has 1 aliphatic heterocycles. The van der Waals surface area contributed by atoms with Crippen molar-refractivity contribution in [1.29, 1.82) is 0 Å². The van der Waals surface area contributed by atoms with Gasteiger partial charge in [0.1, 0.15) is 0 Å². The Morgan fingerprint density at radius 3 is 1.94 bits per heavy atom. The van der Waals surface area contributed by atoms with Crippen molar-refractivity contribution in [3.05, 3.63) is 92.6 Å². The molecule has 0 atom stereocenters. The van der Waals surface area contributed by atoms with E-state index in [1.807, 2.05) is 41.0 Å². The normalized spacial score (nSPS) is 14.8. The predicted octanol–water partition coefficient (Wildman–Crippen LogP) is 1.80. The first kappa shape index (κ1) is 21.2. The van der Waals surface area contributed by atoms with E-state index in [4.69, 9.17) is 4.98 Å². The van der Waals surface area contributed by atoms with Crippen LogP contribution in [0.4, 0.5) is 5.95 Å². The van der Waals surface area contributed by atoms with Crippen molar-refractivity contribution in [2.45, 2.75) is 13.1 Å². The van der Waals surface area contributed by atoms with Gasteiger partial charge < -0.3 is 4.90 Å². The van der Waals surface area contributed by atoms with Gasteiger partial charge in [0.2, 0.25) is 5.95 Å². The van der Waals surface area contributed by atoms with Gasteiger partial charge in [-0.25, -0.2) is 4.79 Å². The lowest BCUT2D eigenvalue weighted by molar-refractivity contribution is 0.248. The van der Waals surface area contributed by atoms with E-state index in [1.54, 1.807) is 7.05 Å². The Morgan fingerprint density at radius 2 is 1.33 bits per heavy atom. The Kier molecular flexibility index (Phi) is 5.60. The van der Waals surface area contributed by atoms with Crippen LogP contribution >= 0.6 is 0 Å². The molecule has 0 aliphatic carbocycles. The van der Waals surface area contributed by atoms with Crippen molar-refractivity contribution in [2.24, 2.45) is 14.1 Å². The fraction of sp³-hybridized carbons (Fsp3) is 0.320. The molecular formula is C25H28N6O2. The Morgan fingerprint density at radius 1 is 0.758 bits per heavy atom. The number of imidazole rings is 1. The number of hydrogen-bond donors (Lipinski definition) is 0. The summed E-state index contributed by atoms with van der Waals surface area (Å²) >= 11 is 0. The van der Waals surface area contributed by atoms with Crippen LogP contribution in [0.5, 0.6) is 0 Å². The number of aryl methyl sites for hydroxylation is 1. The van der Waals surface area contributed by atoms with Gasteiger partial charge in [-0.2, -0.15) is 4.98 Å². The predicted molar refractivity (Wildman–Crippen MR) is 130 cm³/mol. The third-order valence-electron chi connectivity index (χ3n) is 6.42. The van der Waals surface area contributed by atoms with Crippen molar-refractivity contribution >= 4 is 17.1 Å². The van der Waals surface area contributed by atoms with Crippen molar-refractivity contribution in [2.75, 3.05) is 31.1 Å². The van der Waals surface area contributed by atoms with Gasteiger partial charge in [0.15, 0.2) is 11.2 Å². The fourth-order valence-electron chi connectivity index (χ4n) is 4.54. The summed E-state index contributed by atoms with van der Waals surface area (Å²) in [5.74, 6) is 0.742. The maximum Gasteiger partial charge on any atom is 0.332 e. The summed E-state index contributed by atoms with van der Waals surface area (Å²) in [6, 6.07) is 20.5. The van der Waals surface area contributed by atoms with E-state index >= 15 is 0 Å². The van der Waals surface area contributed by atoms with Gasteiger partial charge in [0.25, 0.3) is 5.56 Å². The van der Waals surface area contributed by atoms with Crippen LogP contribution in [0.3, 0.4) is 0 Å². The fourth-order valence-corrected chi connectivity index (χ4v) is 4.54. The Hall–Kier alpha value is -3.65. The average molecular weight is 445 g/mol. The van der Waals surface area contributed by atoms with Crippen molar-refractivity contribution in [1.82, 2.24) is 23.6 Å². The van der Waals surface area contributed by atoms with Crippen LogP contribution < -0.4 is 16.1 Å². The first-order valence-electron chi connectivity index (χ1n) is 11.2. The Bertz CT molecular complexity index is 1380. The second kappa shape index (κ2) is 8.71. The van der Waals surface area contributed by atoms with E-state index in [-0.39, 0.29) is 11.2 Å². The molecule has 5 rings (SSSR count). The maximum absolute atomic E-state index is 13.1. The monoisotopic (exact) mass is 444 g/mol. The average Bonchev–Trinajstić information content (AvgIpc) is 3.22. The van der Waals surface area contributed by atoms with Gasteiger partial charge >= 0.3 is 5.69 Å². The van der Waals surface area contributed by atoms with Crippen LogP contribution in [0.15, 0.2) is 70.3 Å². The summed E-state index contributed by atoms with van der Waals surface area (Å²) in [5, 5.41) is 0. The van der Waals surface area contributed by atoms with Crippen LogP contribution in [-0.4, -0.2) is 49.8 Å². The zero-order chi connectivity index (χ0) is 22.9. The van der Waals surface area contributed by atoms with E-state index in [0.29, 0.717) is 17.7 Å². The van der Waals surface area contributed by atoms with Crippen molar-refractivity contribution in [3.8, 4) is 0 Å². The first-order chi connectivity index (χ1) is 16.0. The molecule has 4 aromatic rings. The lowest BCUT2D eigenvalue weighted by Gasteiger charge is -2.35. The molecule has 0 spiro atoms. The van der Waals surface area contributed by atoms with Crippen LogP contribution in [-0.2, 0) is 27.2 Å². The SMILES string of the molecule is Cn1c(=O)c2c(nc(N3CCN(Cc4ccccc4)CC3)n2Cc2ccccc2)n(C)c1=O. The Balaban J connectivity index is 1.50. The highest BCUT2D eigenvalue weighted by Crippen LogP contribution is 2.23. The van der Waals surface area contributed by atoms with Gasteiger partial charge in [0, 0.05) is 46.8 Å². The van der Waals surface area contributed by atoms with E-state index in [0.717, 1.165) is 48.8 Å². The molecule has 1 fully saturated rings. The van der Waals surface area contributed by atoms with E-state index in [2.05, 4.69) is 34.1 Å². The number of benzene rings is 2. The van der Waals surface area contributed by atoms with Crippen LogP contribution in [0.25, 0.3) is 11.2 Å². The maximum atomic E-state index is 13.1. The zero-order valence-electron chi connectivity index (χ0n) is 19.0. The topological polar surface area (TPSA) is 68.3 Å². The standard InChI is InChI=1S/C25H28N6O2/c1-27-22-21(23(32)28(2)25(27)33)31(18-20-11-7-4-8-12-20)24(26-22)30-15-13-29(14-16-30)17-19-9-5-3-6-10-19/h3-12H,13-18H2,1-2H3. The number of piperazine rings is 1. The number of nitrogens with zero attached hydrogens (tertiary/aromatic N) is 6. The van der Waals surface area contributed by atoms with Crippen LogP contribution in [0.1, 0.15) is 11.1 Å². The molecule has 0 radical (unpaired) electrons. The van der Waals surface area contributed by atoms with Crippen LogP contribution in [0.2, 0.25) is 0 Å². The molecule has 0 saturated carbocycles. The van der Waals surface area contributed by atoms with Gasteiger partial charge in [0.05, 0.1) is 6.54 Å². The minimum atomic E-state index is -0.365. The summed E-state index contributed by atoms with van der Waals surface area (Å²) in [4.78, 5) is 35.1. The number of aromatic nitrogens is 4. The van der Waals surface area contributed by atoms with Crippen LogP contribution in [0, 0.1) is 0 Å². The molecule has 1 saturated heterocycles. The van der Waals surface area contributed by atoms with E-state index < -0.39 is 0 Å². The van der Waals surface area contributed by atoms with Gasteiger partial charge in [-0.1, -0.05) is 60.7 Å². The summed E-state index contributed by atoms with van der Waals surface area (Å²) < 4.78 is 4.60. The quantitative estimate of drug-likeness (QED) is 0.470. The number of fused-ring (bicyclic) bond motifs is 1. The highest BCUT2D eigenvalue weighted by Gasteiger charge is 2.25. The molecule has 3 heterocycles. The molecule has 1 aliphatic rings. The molecule has 0 bridgehead atoms. The molecule has 0 N–H and O–H groups in total. The molecule has 2 aromatic heterocycles. The first-order valence-corrected chi connectivity index (χ1v) is 11.2. The van der Waals surface area contributed by atoms with Crippen molar-refractivity contribution < 1.29 is 0 Å². The molecule has 170 valence electrons. The molecular weight excluding hydrogens is 416 g/mol. The number of anilines is 1. The second-order valence-corrected chi connectivity index (χ2v) is 8.61. The zero-order valence-corrected chi connectivity index (χ0v) is 19.0. The second-order valence-electron chi connectivity index (χ2n) is 8.61. The molecule has 33 heavy (non-hydrogen) atoms. The van der Waals surface area contributed by atoms with Gasteiger partial charge in [-0.05, 0) is 11.1 Å². The molecule has 2 aromatic carbocycles. The Labute approximate surface area is 191 Å². The molecule has 8 nitrogen and oxygen atoms in total. The number of hydrogen-bond acceptors (Lipinski definition) is 5. The van der Waals surface area contributed by atoms with Gasteiger partial charge in [-0.15, -0.1) is 0 Å². The highest BCUT2D eigenvalue weighted by atomic mass is 16.2. The lowest BCUT2D eigenvalue weighted by Crippen LogP contribution is -2.47. The minimum absolute atomic E-state index is 0.314. The minimum Gasteiger partial charge on any atom is -0.340 e. The largest absolute Gasteiger partial charge is 0.340 e. The van der Waals surface area contributed by atoms with E-state index in [1.165, 1.54) is 17.2 Å². The summed E-state index contributed by atoms with van der Waals surface area (Å²) in [7, 11) is 3.19. The summed E-state index contributed by atoms with van der Waals surface area (Å²) in [5.41, 5.74) is 2.60. The lowest BCUT2D eigenvalue weighted by atomic mass is 10.2. The van der Waals surface area contributed by atoms with Crippen molar-refractivity contribution in [3.63, 3.8) is 0 Å². The molecule has 8 heteroatoms. The van der Waals surface area contributed by atoms with Gasteiger partial charge in [-0.3, -0.25) is 23.4 Å². The molecule has 0 unspecified atom stereocenters. The summed E-state index contributed by atoms with van der Waals surface area (Å²) in [6.07, 6.45) is 0. The number of rotatable bonds is 5. The third-order valence-corrected chi connectivity index (χ3v) is 6.42. The third kappa shape index (κ3) is 3.98. The summed E-state index contributed by atoms with van der Waals surface area (Å²) in [6.45, 7) is 4.85.